The maximum Gasteiger partial charge on any atom is 0.410 e. The zero-order chi connectivity index (χ0) is 22.6. The first-order valence-electron chi connectivity index (χ1n) is 11.0. The van der Waals surface area contributed by atoms with Crippen LogP contribution in [0.3, 0.4) is 0 Å². The van der Waals surface area contributed by atoms with Crippen molar-refractivity contribution in [2.75, 3.05) is 31.1 Å². The van der Waals surface area contributed by atoms with Crippen LogP contribution in [-0.4, -0.2) is 53.4 Å². The van der Waals surface area contributed by atoms with Crippen molar-refractivity contribution in [2.24, 2.45) is 0 Å². The van der Waals surface area contributed by atoms with Gasteiger partial charge < -0.3 is 19.6 Å². The summed E-state index contributed by atoms with van der Waals surface area (Å²) < 4.78 is 19.5. The Bertz CT molecular complexity index is 976. The number of nitriles is 1. The fourth-order valence-electron chi connectivity index (χ4n) is 4.70. The Morgan fingerprint density at radius 1 is 1.25 bits per heavy atom. The number of amides is 1. The summed E-state index contributed by atoms with van der Waals surface area (Å²) in [6.07, 6.45) is 4.54. The number of piperidine rings is 1. The number of pyridine rings is 1. The highest BCUT2D eigenvalue weighted by molar-refractivity contribution is 5.70. The van der Waals surface area contributed by atoms with E-state index in [4.69, 9.17) is 10.00 Å². The van der Waals surface area contributed by atoms with Gasteiger partial charge in [0.1, 0.15) is 23.3 Å². The van der Waals surface area contributed by atoms with Crippen LogP contribution < -0.4 is 4.90 Å². The lowest BCUT2D eigenvalue weighted by Crippen LogP contribution is -2.56. The lowest BCUT2D eigenvalue weighted by Gasteiger charge is -2.46. The molecule has 2 saturated heterocycles. The molecule has 1 aromatic heterocycles. The number of carbonyl (C=O) groups excluding carboxylic acids is 1. The Hall–Kier alpha value is -3.18. The molecule has 0 saturated carbocycles. The van der Waals surface area contributed by atoms with Gasteiger partial charge in [0.05, 0.1) is 11.6 Å². The van der Waals surface area contributed by atoms with E-state index in [9.17, 15) is 14.3 Å². The molecule has 4 rings (SSSR count). The van der Waals surface area contributed by atoms with E-state index in [2.05, 4.69) is 16.0 Å². The average Bonchev–Trinajstić information content (AvgIpc) is 2.83. The van der Waals surface area contributed by atoms with Gasteiger partial charge >= 0.3 is 6.09 Å². The predicted molar refractivity (Wildman–Crippen MR) is 116 cm³/mol. The van der Waals surface area contributed by atoms with Gasteiger partial charge in [-0.25, -0.2) is 14.2 Å². The number of hydrogen-bond acceptors (Lipinski definition) is 6. The van der Waals surface area contributed by atoms with Crippen molar-refractivity contribution in [3.8, 4) is 6.07 Å². The molecule has 1 amide bonds. The van der Waals surface area contributed by atoms with E-state index in [0.29, 0.717) is 37.9 Å². The zero-order valence-corrected chi connectivity index (χ0v) is 17.9. The van der Waals surface area contributed by atoms with Gasteiger partial charge in [-0.2, -0.15) is 5.26 Å². The van der Waals surface area contributed by atoms with E-state index in [0.717, 1.165) is 30.8 Å². The number of nitrogens with zero attached hydrogens (tertiary/aromatic N) is 4. The Kier molecular flexibility index (Phi) is 6.56. The summed E-state index contributed by atoms with van der Waals surface area (Å²) >= 11 is 0. The normalized spacial score (nSPS) is 23.5. The molecule has 3 heterocycles. The zero-order valence-electron chi connectivity index (χ0n) is 17.9. The summed E-state index contributed by atoms with van der Waals surface area (Å²) in [5.74, 6) is 0.455. The molecule has 0 aliphatic carbocycles. The lowest BCUT2D eigenvalue weighted by atomic mass is 9.84. The van der Waals surface area contributed by atoms with E-state index in [-0.39, 0.29) is 24.6 Å². The maximum atomic E-state index is 13.4. The van der Waals surface area contributed by atoms with Crippen molar-refractivity contribution >= 4 is 11.9 Å². The molecule has 2 aromatic rings. The third-order valence-electron chi connectivity index (χ3n) is 6.42. The summed E-state index contributed by atoms with van der Waals surface area (Å²) in [6, 6.07) is 11.7. The van der Waals surface area contributed by atoms with Crippen LogP contribution in [0.5, 0.6) is 0 Å². The van der Waals surface area contributed by atoms with Crippen molar-refractivity contribution in [3.63, 3.8) is 0 Å². The number of aliphatic hydroxyl groups excluding tert-OH is 1. The molecule has 2 atom stereocenters. The highest BCUT2D eigenvalue weighted by atomic mass is 19.1. The summed E-state index contributed by atoms with van der Waals surface area (Å²) in [7, 11) is 0. The number of halogens is 1. The third-order valence-corrected chi connectivity index (χ3v) is 6.42. The number of carbonyl (C=O) groups is 1. The Balaban J connectivity index is 1.48. The van der Waals surface area contributed by atoms with Crippen LogP contribution in [0.25, 0.3) is 0 Å². The van der Waals surface area contributed by atoms with E-state index in [1.165, 1.54) is 12.1 Å². The standard InChI is InChI=1S/C24H27FN4O3/c25-20-7-5-19(6-8-20)24(10-2-14-30)11-13-29(23(31)32-24)21-3-1-12-28(17-21)22-9-4-18(15-26)16-27-22/h4-9,16,21,30H,1-3,10-14,17H2. The number of benzene rings is 1. The monoisotopic (exact) mass is 438 g/mol. The minimum atomic E-state index is -0.854. The van der Waals surface area contributed by atoms with Crippen LogP contribution in [0, 0.1) is 17.1 Å². The molecule has 8 heteroatoms. The lowest BCUT2D eigenvalue weighted by molar-refractivity contribution is -0.0697. The van der Waals surface area contributed by atoms with Gasteiger partial charge in [0.15, 0.2) is 0 Å². The summed E-state index contributed by atoms with van der Waals surface area (Å²) in [4.78, 5) is 21.4. The van der Waals surface area contributed by atoms with E-state index in [1.54, 1.807) is 29.3 Å². The SMILES string of the molecule is N#Cc1ccc(N2CCCC(N3CCC(CCCO)(c4ccc(F)cc4)OC3=O)C2)nc1. The van der Waals surface area contributed by atoms with E-state index >= 15 is 0 Å². The van der Waals surface area contributed by atoms with Crippen LogP contribution in [0.1, 0.15) is 43.2 Å². The van der Waals surface area contributed by atoms with Gasteiger partial charge in [0.2, 0.25) is 0 Å². The summed E-state index contributed by atoms with van der Waals surface area (Å²) in [5, 5.41) is 18.3. The largest absolute Gasteiger partial charge is 0.438 e. The highest BCUT2D eigenvalue weighted by Crippen LogP contribution is 2.39. The molecule has 2 aliphatic rings. The van der Waals surface area contributed by atoms with Crippen molar-refractivity contribution in [3.05, 3.63) is 59.5 Å². The van der Waals surface area contributed by atoms with Gasteiger partial charge in [-0.1, -0.05) is 12.1 Å². The quantitative estimate of drug-likeness (QED) is 0.742. The fraction of sp³-hybridized carbons (Fsp3) is 0.458. The second-order valence-electron chi connectivity index (χ2n) is 8.40. The molecule has 2 unspecified atom stereocenters. The fourth-order valence-corrected chi connectivity index (χ4v) is 4.70. The van der Waals surface area contributed by atoms with E-state index < -0.39 is 5.60 Å². The van der Waals surface area contributed by atoms with E-state index in [1.807, 2.05) is 6.07 Å². The molecule has 2 fully saturated rings. The van der Waals surface area contributed by atoms with Crippen LogP contribution in [0.4, 0.5) is 15.0 Å². The molecule has 0 radical (unpaired) electrons. The number of hydrogen-bond donors (Lipinski definition) is 1. The maximum absolute atomic E-state index is 13.4. The molecule has 0 spiro atoms. The van der Waals surface area contributed by atoms with Crippen LogP contribution in [0.2, 0.25) is 0 Å². The predicted octanol–water partition coefficient (Wildman–Crippen LogP) is 3.57. The number of ether oxygens (including phenoxy) is 1. The van der Waals surface area contributed by atoms with Crippen LogP contribution in [0.15, 0.2) is 42.6 Å². The minimum absolute atomic E-state index is 0.000609. The summed E-state index contributed by atoms with van der Waals surface area (Å²) in [6.45, 7) is 2.02. The number of rotatable bonds is 6. The van der Waals surface area contributed by atoms with Crippen molar-refractivity contribution in [2.45, 2.75) is 43.7 Å². The van der Waals surface area contributed by atoms with Crippen LogP contribution in [-0.2, 0) is 10.3 Å². The first-order chi connectivity index (χ1) is 15.5. The molecule has 32 heavy (non-hydrogen) atoms. The number of anilines is 1. The molecular formula is C24H27FN4O3. The van der Waals surface area contributed by atoms with Gasteiger partial charge in [-0.3, -0.25) is 0 Å². The second kappa shape index (κ2) is 9.53. The van der Waals surface area contributed by atoms with Crippen molar-refractivity contribution < 1.29 is 19.0 Å². The third kappa shape index (κ3) is 4.53. The average molecular weight is 439 g/mol. The van der Waals surface area contributed by atoms with Gasteiger partial charge in [-0.05, 0) is 55.5 Å². The van der Waals surface area contributed by atoms with Gasteiger partial charge in [0.25, 0.3) is 0 Å². The molecule has 0 bridgehead atoms. The second-order valence-corrected chi connectivity index (χ2v) is 8.40. The Labute approximate surface area is 187 Å². The smallest absolute Gasteiger partial charge is 0.410 e. The number of aromatic nitrogens is 1. The molecule has 168 valence electrons. The number of aliphatic hydroxyl groups is 1. The van der Waals surface area contributed by atoms with Crippen molar-refractivity contribution in [1.82, 2.24) is 9.88 Å². The molecular weight excluding hydrogens is 411 g/mol. The molecule has 1 aromatic carbocycles. The van der Waals surface area contributed by atoms with Crippen LogP contribution >= 0.6 is 0 Å². The van der Waals surface area contributed by atoms with Gasteiger partial charge in [-0.15, -0.1) is 0 Å². The molecule has 1 N–H and O–H groups in total. The first-order valence-corrected chi connectivity index (χ1v) is 11.0. The highest BCUT2D eigenvalue weighted by Gasteiger charge is 2.44. The minimum Gasteiger partial charge on any atom is -0.438 e. The molecule has 7 nitrogen and oxygen atoms in total. The molecule has 2 aliphatic heterocycles. The topological polar surface area (TPSA) is 89.7 Å². The van der Waals surface area contributed by atoms with Crippen molar-refractivity contribution in [1.29, 1.82) is 5.26 Å². The number of cyclic esters (lactones) is 1. The first kappa shape index (κ1) is 22.0. The van der Waals surface area contributed by atoms with Gasteiger partial charge in [0, 0.05) is 38.9 Å². The Morgan fingerprint density at radius 2 is 2.06 bits per heavy atom. The summed E-state index contributed by atoms with van der Waals surface area (Å²) in [5.41, 5.74) is 0.418. The Morgan fingerprint density at radius 3 is 2.72 bits per heavy atom.